The van der Waals surface area contributed by atoms with Gasteiger partial charge in [-0.05, 0) is 73.5 Å². The van der Waals surface area contributed by atoms with Crippen LogP contribution in [0.2, 0.25) is 0 Å². The summed E-state index contributed by atoms with van der Waals surface area (Å²) in [5, 5.41) is 9.40. The molecule has 1 spiro atoms. The number of hydrogen-bond acceptors (Lipinski definition) is 3. The SMILES string of the molecule is C[C@]12CCC3C(CCC45CC4C(=O)CC[C@]35C)C1CC(C#N)C2=O. The zero-order chi connectivity index (χ0) is 16.9. The van der Waals surface area contributed by atoms with Crippen LogP contribution in [0.25, 0.3) is 0 Å². The molecule has 6 unspecified atom stereocenters. The van der Waals surface area contributed by atoms with Crippen molar-refractivity contribution in [1.82, 2.24) is 0 Å². The molecule has 0 aliphatic heterocycles. The van der Waals surface area contributed by atoms with Gasteiger partial charge in [-0.25, -0.2) is 0 Å². The van der Waals surface area contributed by atoms with Gasteiger partial charge in [0.25, 0.3) is 0 Å². The Labute approximate surface area is 144 Å². The first-order valence-electron chi connectivity index (χ1n) is 9.84. The number of ketones is 2. The van der Waals surface area contributed by atoms with Gasteiger partial charge in [0.2, 0.25) is 0 Å². The van der Waals surface area contributed by atoms with E-state index in [9.17, 15) is 14.9 Å². The van der Waals surface area contributed by atoms with Crippen LogP contribution in [0.1, 0.15) is 65.2 Å². The van der Waals surface area contributed by atoms with Crippen LogP contribution in [-0.4, -0.2) is 11.6 Å². The maximum Gasteiger partial charge on any atom is 0.156 e. The Kier molecular flexibility index (Phi) is 2.72. The van der Waals surface area contributed by atoms with Gasteiger partial charge in [-0.2, -0.15) is 5.26 Å². The third kappa shape index (κ3) is 1.46. The van der Waals surface area contributed by atoms with Gasteiger partial charge in [-0.15, -0.1) is 0 Å². The molecule has 3 heteroatoms. The average molecular weight is 325 g/mol. The zero-order valence-corrected chi connectivity index (χ0v) is 14.8. The maximum atomic E-state index is 12.8. The summed E-state index contributed by atoms with van der Waals surface area (Å²) in [4.78, 5) is 25.0. The summed E-state index contributed by atoms with van der Waals surface area (Å²) in [6, 6.07) is 2.28. The van der Waals surface area contributed by atoms with Crippen LogP contribution in [0.5, 0.6) is 0 Å². The number of nitriles is 1. The molecule has 5 fully saturated rings. The second kappa shape index (κ2) is 4.32. The van der Waals surface area contributed by atoms with Crippen molar-refractivity contribution in [2.45, 2.75) is 65.2 Å². The molecule has 8 atom stereocenters. The Morgan fingerprint density at radius 3 is 2.62 bits per heavy atom. The van der Waals surface area contributed by atoms with Crippen LogP contribution in [0.4, 0.5) is 0 Å². The molecule has 5 aliphatic rings. The molecule has 0 bridgehead atoms. The van der Waals surface area contributed by atoms with E-state index in [1.54, 1.807) is 0 Å². The van der Waals surface area contributed by atoms with Gasteiger partial charge >= 0.3 is 0 Å². The predicted molar refractivity (Wildman–Crippen MR) is 88.7 cm³/mol. The van der Waals surface area contributed by atoms with E-state index in [0.717, 1.165) is 38.5 Å². The van der Waals surface area contributed by atoms with E-state index >= 15 is 0 Å². The normalized spacial score (nSPS) is 58.1. The van der Waals surface area contributed by atoms with Gasteiger partial charge in [0.15, 0.2) is 5.78 Å². The Morgan fingerprint density at radius 2 is 1.88 bits per heavy atom. The number of nitrogens with zero attached hydrogens (tertiary/aromatic N) is 1. The van der Waals surface area contributed by atoms with Crippen LogP contribution in [-0.2, 0) is 9.59 Å². The first kappa shape index (κ1) is 15.1. The number of fused-ring (bicyclic) bond motifs is 4. The summed E-state index contributed by atoms with van der Waals surface area (Å²) >= 11 is 0. The van der Waals surface area contributed by atoms with Crippen molar-refractivity contribution in [2.75, 3.05) is 0 Å². The van der Waals surface area contributed by atoms with Crippen molar-refractivity contribution in [1.29, 1.82) is 5.26 Å². The number of carbonyl (C=O) groups excluding carboxylic acids is 2. The largest absolute Gasteiger partial charge is 0.299 e. The highest BCUT2D eigenvalue weighted by atomic mass is 16.1. The maximum absolute atomic E-state index is 12.8. The summed E-state index contributed by atoms with van der Waals surface area (Å²) in [6.45, 7) is 4.61. The molecule has 0 amide bonds. The lowest BCUT2D eigenvalue weighted by atomic mass is 9.44. The fourth-order valence-electron chi connectivity index (χ4n) is 8.12. The van der Waals surface area contributed by atoms with Crippen LogP contribution < -0.4 is 0 Å². The van der Waals surface area contributed by atoms with Gasteiger partial charge in [-0.3, -0.25) is 9.59 Å². The van der Waals surface area contributed by atoms with Crippen molar-refractivity contribution in [2.24, 2.45) is 45.8 Å². The molecule has 0 aromatic carbocycles. The summed E-state index contributed by atoms with van der Waals surface area (Å²) in [7, 11) is 0. The molecule has 0 N–H and O–H groups in total. The van der Waals surface area contributed by atoms with E-state index in [1.165, 1.54) is 12.8 Å². The van der Waals surface area contributed by atoms with Crippen molar-refractivity contribution in [3.63, 3.8) is 0 Å². The summed E-state index contributed by atoms with van der Waals surface area (Å²) in [5.41, 5.74) is 0.341. The van der Waals surface area contributed by atoms with E-state index in [-0.39, 0.29) is 17.1 Å². The quantitative estimate of drug-likeness (QED) is 0.678. The summed E-state index contributed by atoms with van der Waals surface area (Å²) in [5.74, 6) is 2.38. The van der Waals surface area contributed by atoms with Gasteiger partial charge in [0.05, 0.1) is 6.07 Å². The molecule has 0 aromatic rings. The van der Waals surface area contributed by atoms with Gasteiger partial charge in [-0.1, -0.05) is 13.8 Å². The van der Waals surface area contributed by atoms with Crippen molar-refractivity contribution >= 4 is 11.6 Å². The Balaban J connectivity index is 1.52. The van der Waals surface area contributed by atoms with Gasteiger partial charge < -0.3 is 0 Å². The average Bonchev–Trinajstić information content (AvgIpc) is 3.26. The molecular weight excluding hydrogens is 298 g/mol. The Hall–Kier alpha value is -1.17. The lowest BCUT2D eigenvalue weighted by Gasteiger charge is -2.60. The van der Waals surface area contributed by atoms with Gasteiger partial charge in [0, 0.05) is 17.8 Å². The fraction of sp³-hybridized carbons (Fsp3) is 0.857. The topological polar surface area (TPSA) is 57.9 Å². The first-order chi connectivity index (χ1) is 11.4. The minimum absolute atomic E-state index is 0.224. The molecule has 5 aliphatic carbocycles. The summed E-state index contributed by atoms with van der Waals surface area (Å²) < 4.78 is 0. The Morgan fingerprint density at radius 1 is 1.08 bits per heavy atom. The number of Topliss-reactive ketones (excluding diaryl/α,β-unsaturated/α-hetero) is 2. The number of hydrogen-bond donors (Lipinski definition) is 0. The van der Waals surface area contributed by atoms with E-state index in [4.69, 9.17) is 0 Å². The Bertz CT molecular complexity index is 692. The minimum atomic E-state index is -0.371. The molecule has 3 nitrogen and oxygen atoms in total. The second-order valence-corrected chi connectivity index (χ2v) is 9.95. The second-order valence-electron chi connectivity index (χ2n) is 9.95. The van der Waals surface area contributed by atoms with Crippen LogP contribution in [0.15, 0.2) is 0 Å². The number of rotatable bonds is 0. The fourth-order valence-corrected chi connectivity index (χ4v) is 8.12. The van der Waals surface area contributed by atoms with E-state index in [1.807, 2.05) is 0 Å². The standard InChI is InChI=1S/C21H27NO2/c1-19-6-4-14-13(15(19)9-12(11-22)18(19)24)3-8-21-10-16(21)17(23)5-7-20(14,21)2/h12-16H,3-10H2,1-2H3/t12?,13?,14?,15?,16?,19-,20+,21?/m0/s1. The molecule has 0 saturated heterocycles. The molecule has 24 heavy (non-hydrogen) atoms. The van der Waals surface area contributed by atoms with Crippen molar-refractivity contribution in [3.8, 4) is 6.07 Å². The van der Waals surface area contributed by atoms with E-state index in [2.05, 4.69) is 19.9 Å². The highest BCUT2D eigenvalue weighted by Gasteiger charge is 2.74. The smallest absolute Gasteiger partial charge is 0.156 e. The van der Waals surface area contributed by atoms with Crippen LogP contribution in [0.3, 0.4) is 0 Å². The summed E-state index contributed by atoms with van der Waals surface area (Å²) in [6.07, 6.45) is 8.19. The number of carbonyl (C=O) groups is 2. The minimum Gasteiger partial charge on any atom is -0.299 e. The van der Waals surface area contributed by atoms with Gasteiger partial charge in [0.1, 0.15) is 11.7 Å². The molecular formula is C21H27NO2. The van der Waals surface area contributed by atoms with Crippen LogP contribution >= 0.6 is 0 Å². The highest BCUT2D eigenvalue weighted by Crippen LogP contribution is 2.78. The molecule has 0 aromatic heterocycles. The molecule has 0 heterocycles. The van der Waals surface area contributed by atoms with E-state index < -0.39 is 0 Å². The lowest BCUT2D eigenvalue weighted by Crippen LogP contribution is -2.54. The van der Waals surface area contributed by atoms with Crippen LogP contribution in [0, 0.1) is 57.2 Å². The predicted octanol–water partition coefficient (Wildman–Crippen LogP) is 3.92. The third-order valence-electron chi connectivity index (χ3n) is 9.59. The third-order valence-corrected chi connectivity index (χ3v) is 9.59. The monoisotopic (exact) mass is 325 g/mol. The van der Waals surface area contributed by atoms with Crippen molar-refractivity contribution < 1.29 is 9.59 Å². The highest BCUT2D eigenvalue weighted by molar-refractivity contribution is 5.91. The first-order valence-corrected chi connectivity index (χ1v) is 9.84. The molecule has 128 valence electrons. The molecule has 5 saturated carbocycles. The van der Waals surface area contributed by atoms with E-state index in [0.29, 0.717) is 40.3 Å². The molecule has 0 radical (unpaired) electrons. The lowest BCUT2D eigenvalue weighted by molar-refractivity contribution is -0.147. The zero-order valence-electron chi connectivity index (χ0n) is 14.8. The molecule has 5 rings (SSSR count). The van der Waals surface area contributed by atoms with Crippen molar-refractivity contribution in [3.05, 3.63) is 0 Å².